The summed E-state index contributed by atoms with van der Waals surface area (Å²) in [6.45, 7) is 6.43. The highest BCUT2D eigenvalue weighted by Gasteiger charge is 2.33. The molecule has 0 radical (unpaired) electrons. The molecule has 2 unspecified atom stereocenters. The van der Waals surface area contributed by atoms with Crippen molar-refractivity contribution in [3.05, 3.63) is 47.3 Å². The van der Waals surface area contributed by atoms with E-state index < -0.39 is 6.10 Å². The molecule has 0 fully saturated rings. The lowest BCUT2D eigenvalue weighted by Crippen LogP contribution is -2.22. The van der Waals surface area contributed by atoms with Crippen molar-refractivity contribution in [1.82, 2.24) is 9.78 Å². The number of nitrogens with zero attached hydrogens (tertiary/aromatic N) is 2. The average molecular weight is 286 g/mol. The lowest BCUT2D eigenvalue weighted by atomic mass is 9.86. The molecule has 4 nitrogen and oxygen atoms in total. The zero-order valence-electron chi connectivity index (χ0n) is 13.0. The molecular formula is C17H22N2O2. The van der Waals surface area contributed by atoms with Crippen molar-refractivity contribution in [2.24, 2.45) is 7.05 Å². The van der Waals surface area contributed by atoms with Gasteiger partial charge in [-0.1, -0.05) is 39.0 Å². The van der Waals surface area contributed by atoms with Crippen molar-refractivity contribution in [2.45, 2.75) is 44.8 Å². The molecule has 2 aromatic rings. The molecule has 0 saturated heterocycles. The van der Waals surface area contributed by atoms with E-state index in [1.54, 1.807) is 0 Å². The summed E-state index contributed by atoms with van der Waals surface area (Å²) in [7, 11) is 1.92. The van der Waals surface area contributed by atoms with Gasteiger partial charge in [0, 0.05) is 36.2 Å². The third-order valence-electron chi connectivity index (χ3n) is 3.90. The lowest BCUT2D eigenvalue weighted by Gasteiger charge is -2.31. The van der Waals surface area contributed by atoms with Gasteiger partial charge in [0.25, 0.3) is 0 Å². The van der Waals surface area contributed by atoms with Gasteiger partial charge in [0.2, 0.25) is 0 Å². The molecule has 2 heterocycles. The number of benzene rings is 1. The van der Waals surface area contributed by atoms with Gasteiger partial charge in [0.15, 0.2) is 0 Å². The van der Waals surface area contributed by atoms with Crippen LogP contribution in [0.1, 0.15) is 56.2 Å². The first-order valence-corrected chi connectivity index (χ1v) is 7.34. The van der Waals surface area contributed by atoms with Gasteiger partial charge >= 0.3 is 0 Å². The Morgan fingerprint density at radius 1 is 1.24 bits per heavy atom. The molecule has 3 rings (SSSR count). The molecule has 1 aromatic carbocycles. The molecule has 0 amide bonds. The van der Waals surface area contributed by atoms with Crippen LogP contribution in [0.2, 0.25) is 0 Å². The van der Waals surface area contributed by atoms with E-state index >= 15 is 0 Å². The highest BCUT2D eigenvalue weighted by atomic mass is 16.5. The zero-order chi connectivity index (χ0) is 15.2. The smallest absolute Gasteiger partial charge is 0.130 e. The predicted molar refractivity (Wildman–Crippen MR) is 81.3 cm³/mol. The predicted octanol–water partition coefficient (Wildman–Crippen LogP) is 3.27. The minimum Gasteiger partial charge on any atom is -0.485 e. The molecule has 0 spiro atoms. The molecule has 1 N–H and O–H groups in total. The Hall–Kier alpha value is -1.81. The van der Waals surface area contributed by atoms with Crippen molar-refractivity contribution in [2.75, 3.05) is 0 Å². The third-order valence-corrected chi connectivity index (χ3v) is 3.90. The Bertz CT molecular complexity index is 655. The van der Waals surface area contributed by atoms with Gasteiger partial charge in [-0.2, -0.15) is 5.10 Å². The fraction of sp³-hybridized carbons (Fsp3) is 0.471. The Labute approximate surface area is 125 Å². The van der Waals surface area contributed by atoms with Crippen molar-refractivity contribution in [3.63, 3.8) is 0 Å². The second kappa shape index (κ2) is 4.88. The van der Waals surface area contributed by atoms with E-state index in [1.807, 2.05) is 42.2 Å². The van der Waals surface area contributed by atoms with Crippen LogP contribution in [-0.2, 0) is 12.5 Å². The maximum atomic E-state index is 10.4. The van der Waals surface area contributed by atoms with Crippen LogP contribution >= 0.6 is 0 Å². The van der Waals surface area contributed by atoms with Gasteiger partial charge in [-0.15, -0.1) is 0 Å². The number of hydrogen-bond donors (Lipinski definition) is 1. The van der Waals surface area contributed by atoms with Crippen LogP contribution in [0.25, 0.3) is 0 Å². The monoisotopic (exact) mass is 286 g/mol. The highest BCUT2D eigenvalue weighted by Crippen LogP contribution is 2.42. The maximum Gasteiger partial charge on any atom is 0.130 e. The summed E-state index contributed by atoms with van der Waals surface area (Å²) in [4.78, 5) is 0. The van der Waals surface area contributed by atoms with E-state index in [-0.39, 0.29) is 11.5 Å². The molecule has 0 saturated carbocycles. The summed E-state index contributed by atoms with van der Waals surface area (Å²) in [5.74, 6) is 0.768. The van der Waals surface area contributed by atoms with Gasteiger partial charge in [-0.05, 0) is 6.07 Å². The fourth-order valence-electron chi connectivity index (χ4n) is 2.91. The summed E-state index contributed by atoms with van der Waals surface area (Å²) in [5, 5.41) is 15.0. The number of ether oxygens (including phenoxy) is 1. The number of para-hydroxylation sites is 1. The number of hydrogen-bond acceptors (Lipinski definition) is 3. The minimum absolute atomic E-state index is 0.0537. The van der Waals surface area contributed by atoms with Crippen LogP contribution in [0.15, 0.2) is 30.5 Å². The highest BCUT2D eigenvalue weighted by molar-refractivity contribution is 5.39. The Balaban J connectivity index is 2.00. The first-order valence-electron chi connectivity index (χ1n) is 7.34. The number of fused-ring (bicyclic) bond motifs is 1. The van der Waals surface area contributed by atoms with Crippen molar-refractivity contribution in [3.8, 4) is 5.75 Å². The lowest BCUT2D eigenvalue weighted by molar-refractivity contribution is 0.0649. The SMILES string of the molecule is Cn1cc(C2CC(O)c3ccccc3O2)c(C(C)(C)C)n1. The van der Waals surface area contributed by atoms with E-state index in [4.69, 9.17) is 4.74 Å². The van der Waals surface area contributed by atoms with Crippen molar-refractivity contribution in [1.29, 1.82) is 0 Å². The standard InChI is InChI=1S/C17H22N2O2/c1-17(2,3)16-12(10-19(4)18-16)15-9-13(20)11-7-5-6-8-14(11)21-15/h5-8,10,13,15,20H,9H2,1-4H3. The second-order valence-electron chi connectivity index (χ2n) is 6.75. The van der Waals surface area contributed by atoms with E-state index in [9.17, 15) is 5.11 Å². The number of aromatic nitrogens is 2. The first kappa shape index (κ1) is 14.1. The Kier molecular flexibility index (Phi) is 3.29. The third kappa shape index (κ3) is 2.56. The molecule has 1 aliphatic rings. The molecule has 2 atom stereocenters. The van der Waals surface area contributed by atoms with Crippen LogP contribution in [0, 0.1) is 0 Å². The van der Waals surface area contributed by atoms with Gasteiger partial charge in [-0.25, -0.2) is 0 Å². The van der Waals surface area contributed by atoms with E-state index in [0.29, 0.717) is 6.42 Å². The van der Waals surface area contributed by atoms with Gasteiger partial charge in [-0.3, -0.25) is 4.68 Å². The van der Waals surface area contributed by atoms with Gasteiger partial charge in [0.1, 0.15) is 11.9 Å². The topological polar surface area (TPSA) is 47.3 Å². The molecular weight excluding hydrogens is 264 g/mol. The molecule has 1 aromatic heterocycles. The first-order chi connectivity index (χ1) is 9.86. The van der Waals surface area contributed by atoms with Crippen molar-refractivity contribution < 1.29 is 9.84 Å². The molecule has 112 valence electrons. The minimum atomic E-state index is -0.493. The summed E-state index contributed by atoms with van der Waals surface area (Å²) in [6, 6.07) is 7.69. The fourth-order valence-corrected chi connectivity index (χ4v) is 2.91. The summed E-state index contributed by atoms with van der Waals surface area (Å²) in [5.41, 5.74) is 2.91. The van der Waals surface area contributed by atoms with Crippen LogP contribution in [-0.4, -0.2) is 14.9 Å². The molecule has 1 aliphatic heterocycles. The number of rotatable bonds is 1. The average Bonchev–Trinajstić information content (AvgIpc) is 2.81. The zero-order valence-corrected chi connectivity index (χ0v) is 13.0. The van der Waals surface area contributed by atoms with Crippen LogP contribution in [0.3, 0.4) is 0 Å². The van der Waals surface area contributed by atoms with E-state index in [1.165, 1.54) is 0 Å². The molecule has 0 aliphatic carbocycles. The second-order valence-corrected chi connectivity index (χ2v) is 6.75. The number of aliphatic hydroxyl groups excluding tert-OH is 1. The molecule has 0 bridgehead atoms. The van der Waals surface area contributed by atoms with Gasteiger partial charge in [0.05, 0.1) is 11.8 Å². The van der Waals surface area contributed by atoms with Gasteiger partial charge < -0.3 is 9.84 Å². The Morgan fingerprint density at radius 2 is 1.95 bits per heavy atom. The molecule has 21 heavy (non-hydrogen) atoms. The van der Waals surface area contributed by atoms with Crippen molar-refractivity contribution >= 4 is 0 Å². The quantitative estimate of drug-likeness (QED) is 0.875. The Morgan fingerprint density at radius 3 is 2.67 bits per heavy atom. The largest absolute Gasteiger partial charge is 0.485 e. The van der Waals surface area contributed by atoms with E-state index in [0.717, 1.165) is 22.6 Å². The maximum absolute atomic E-state index is 10.4. The summed E-state index contributed by atoms with van der Waals surface area (Å²) in [6.07, 6.45) is 1.92. The summed E-state index contributed by atoms with van der Waals surface area (Å²) < 4.78 is 7.95. The number of aliphatic hydroxyl groups is 1. The van der Waals surface area contributed by atoms with E-state index in [2.05, 4.69) is 25.9 Å². The normalized spacial score (nSPS) is 21.8. The van der Waals surface area contributed by atoms with Crippen LogP contribution in [0.5, 0.6) is 5.75 Å². The number of aryl methyl sites for hydroxylation is 1. The van der Waals surface area contributed by atoms with Crippen LogP contribution in [0.4, 0.5) is 0 Å². The molecule has 4 heteroatoms. The van der Waals surface area contributed by atoms with Crippen LogP contribution < -0.4 is 4.74 Å². The summed E-state index contributed by atoms with van der Waals surface area (Å²) >= 11 is 0.